The van der Waals surface area contributed by atoms with Gasteiger partial charge in [0.1, 0.15) is 0 Å². The van der Waals surface area contributed by atoms with Crippen molar-refractivity contribution >= 4 is 17.4 Å². The molecule has 1 amide bonds. The van der Waals surface area contributed by atoms with Gasteiger partial charge in [0.2, 0.25) is 17.4 Å². The van der Waals surface area contributed by atoms with Gasteiger partial charge in [-0.25, -0.2) is 0 Å². The van der Waals surface area contributed by atoms with Crippen LogP contribution in [-0.4, -0.2) is 22.5 Å². The Balaban J connectivity index is 2.28. The number of nitrogens with zero attached hydrogens (tertiary/aromatic N) is 1. The van der Waals surface area contributed by atoms with Crippen LogP contribution in [0.4, 0.5) is 5.69 Å². The molecular formula is C15H17NO3. The Bertz CT molecular complexity index is 605. The van der Waals surface area contributed by atoms with Gasteiger partial charge >= 0.3 is 0 Å². The predicted octanol–water partition coefficient (Wildman–Crippen LogP) is 2.03. The molecule has 100 valence electrons. The Labute approximate surface area is 112 Å². The number of aryl methyl sites for hydroxylation is 1. The number of fused-ring (bicyclic) bond motifs is 3. The van der Waals surface area contributed by atoms with Gasteiger partial charge in [-0.15, -0.1) is 0 Å². The molecule has 1 aromatic rings. The number of benzene rings is 1. The molecule has 0 bridgehead atoms. The van der Waals surface area contributed by atoms with E-state index in [1.54, 1.807) is 12.1 Å². The first-order valence-corrected chi connectivity index (χ1v) is 6.50. The highest BCUT2D eigenvalue weighted by atomic mass is 16.3. The molecule has 4 heteroatoms. The van der Waals surface area contributed by atoms with Crippen LogP contribution in [0.1, 0.15) is 42.6 Å². The molecule has 0 aliphatic carbocycles. The number of aliphatic hydroxyl groups is 1. The van der Waals surface area contributed by atoms with Gasteiger partial charge in [-0.2, -0.15) is 0 Å². The van der Waals surface area contributed by atoms with Crippen LogP contribution in [-0.2, 0) is 4.79 Å². The maximum absolute atomic E-state index is 12.6. The van der Waals surface area contributed by atoms with Crippen molar-refractivity contribution in [3.8, 4) is 0 Å². The Morgan fingerprint density at radius 1 is 1.26 bits per heavy atom. The van der Waals surface area contributed by atoms with Crippen molar-refractivity contribution in [2.24, 2.45) is 5.41 Å². The molecule has 1 aromatic carbocycles. The quantitative estimate of drug-likeness (QED) is 0.775. The number of hydrogen-bond acceptors (Lipinski definition) is 3. The maximum atomic E-state index is 12.6. The molecule has 1 saturated heterocycles. The van der Waals surface area contributed by atoms with E-state index in [0.717, 1.165) is 5.56 Å². The van der Waals surface area contributed by atoms with Crippen LogP contribution in [0, 0.1) is 12.3 Å². The van der Waals surface area contributed by atoms with E-state index in [9.17, 15) is 14.7 Å². The number of rotatable bonds is 0. The first kappa shape index (κ1) is 12.4. The van der Waals surface area contributed by atoms with Crippen LogP contribution >= 0.6 is 0 Å². The normalized spacial score (nSPS) is 28.3. The van der Waals surface area contributed by atoms with Gasteiger partial charge < -0.3 is 5.11 Å². The number of hydrogen-bond donors (Lipinski definition) is 1. The summed E-state index contributed by atoms with van der Waals surface area (Å²) in [5, 5.41) is 10.9. The second-order valence-corrected chi connectivity index (χ2v) is 6.13. The van der Waals surface area contributed by atoms with E-state index in [0.29, 0.717) is 24.1 Å². The number of piperidine rings is 1. The molecule has 2 heterocycles. The van der Waals surface area contributed by atoms with Crippen LogP contribution in [0.5, 0.6) is 0 Å². The molecule has 0 saturated carbocycles. The zero-order valence-electron chi connectivity index (χ0n) is 11.4. The molecule has 2 aliphatic rings. The van der Waals surface area contributed by atoms with Gasteiger partial charge in [-0.3, -0.25) is 14.5 Å². The molecule has 0 radical (unpaired) electrons. The molecule has 3 rings (SSSR count). The second-order valence-electron chi connectivity index (χ2n) is 6.13. The fraction of sp³-hybridized carbons (Fsp3) is 0.467. The van der Waals surface area contributed by atoms with Crippen LogP contribution in [0.25, 0.3) is 0 Å². The maximum Gasteiger partial charge on any atom is 0.229 e. The van der Waals surface area contributed by atoms with Crippen molar-refractivity contribution in [2.75, 3.05) is 4.90 Å². The number of anilines is 1. The Hall–Kier alpha value is -1.68. The summed E-state index contributed by atoms with van der Waals surface area (Å²) in [6.07, 6.45) is 0.869. The summed E-state index contributed by atoms with van der Waals surface area (Å²) in [5.41, 5.74) is -0.453. The molecule has 2 aliphatic heterocycles. The monoisotopic (exact) mass is 259 g/mol. The van der Waals surface area contributed by atoms with Crippen LogP contribution in [0.3, 0.4) is 0 Å². The van der Waals surface area contributed by atoms with E-state index >= 15 is 0 Å². The molecule has 19 heavy (non-hydrogen) atoms. The number of Topliss-reactive ketones (excluding diaryl/α,β-unsaturated/α-hetero) is 1. The van der Waals surface area contributed by atoms with E-state index < -0.39 is 11.1 Å². The fourth-order valence-electron chi connectivity index (χ4n) is 3.12. The highest BCUT2D eigenvalue weighted by Crippen LogP contribution is 2.51. The summed E-state index contributed by atoms with van der Waals surface area (Å²) in [7, 11) is 0. The topological polar surface area (TPSA) is 57.6 Å². The largest absolute Gasteiger partial charge is 0.363 e. The predicted molar refractivity (Wildman–Crippen MR) is 71.0 cm³/mol. The number of amides is 1. The third-order valence-electron chi connectivity index (χ3n) is 4.43. The average molecular weight is 259 g/mol. The van der Waals surface area contributed by atoms with E-state index in [4.69, 9.17) is 0 Å². The molecule has 1 atom stereocenters. The first-order chi connectivity index (χ1) is 8.79. The van der Waals surface area contributed by atoms with Crippen molar-refractivity contribution in [2.45, 2.75) is 39.3 Å². The SMILES string of the molecule is Cc1ccc2c(c1)C(=O)C1(O)N2C(=O)CCC1(C)C. The fourth-order valence-corrected chi connectivity index (χ4v) is 3.12. The summed E-state index contributed by atoms with van der Waals surface area (Å²) < 4.78 is 0. The summed E-state index contributed by atoms with van der Waals surface area (Å²) in [5.74, 6) is -0.540. The number of ketones is 1. The van der Waals surface area contributed by atoms with Gasteiger partial charge in [0.05, 0.1) is 5.69 Å². The molecular weight excluding hydrogens is 242 g/mol. The van der Waals surface area contributed by atoms with Crippen molar-refractivity contribution in [1.29, 1.82) is 0 Å². The van der Waals surface area contributed by atoms with Crippen molar-refractivity contribution in [1.82, 2.24) is 0 Å². The van der Waals surface area contributed by atoms with Gasteiger partial charge in [-0.05, 0) is 25.5 Å². The summed E-state index contributed by atoms with van der Waals surface area (Å²) in [4.78, 5) is 26.1. The van der Waals surface area contributed by atoms with E-state index in [-0.39, 0.29) is 11.7 Å². The zero-order valence-corrected chi connectivity index (χ0v) is 11.4. The van der Waals surface area contributed by atoms with Crippen molar-refractivity contribution in [3.63, 3.8) is 0 Å². The van der Waals surface area contributed by atoms with Gasteiger partial charge in [-0.1, -0.05) is 25.5 Å². The minimum atomic E-state index is -1.74. The molecule has 1 fully saturated rings. The van der Waals surface area contributed by atoms with Gasteiger partial charge in [0.15, 0.2) is 0 Å². The lowest BCUT2D eigenvalue weighted by Gasteiger charge is -2.47. The Morgan fingerprint density at radius 2 is 1.95 bits per heavy atom. The summed E-state index contributed by atoms with van der Waals surface area (Å²) in [6, 6.07) is 5.35. The number of carbonyl (C=O) groups is 2. The summed E-state index contributed by atoms with van der Waals surface area (Å²) in [6.45, 7) is 5.56. The lowest BCUT2D eigenvalue weighted by atomic mass is 9.72. The van der Waals surface area contributed by atoms with Crippen LogP contribution in [0.2, 0.25) is 0 Å². The first-order valence-electron chi connectivity index (χ1n) is 6.50. The molecule has 1 N–H and O–H groups in total. The van der Waals surface area contributed by atoms with E-state index in [1.807, 2.05) is 26.8 Å². The summed E-state index contributed by atoms with van der Waals surface area (Å²) >= 11 is 0. The smallest absolute Gasteiger partial charge is 0.229 e. The van der Waals surface area contributed by atoms with E-state index in [2.05, 4.69) is 0 Å². The minimum absolute atomic E-state index is 0.183. The van der Waals surface area contributed by atoms with Crippen LogP contribution in [0.15, 0.2) is 18.2 Å². The third-order valence-corrected chi connectivity index (χ3v) is 4.43. The average Bonchev–Trinajstić information content (AvgIpc) is 2.57. The van der Waals surface area contributed by atoms with Crippen molar-refractivity contribution < 1.29 is 14.7 Å². The molecule has 0 aromatic heterocycles. The Morgan fingerprint density at radius 3 is 2.63 bits per heavy atom. The lowest BCUT2D eigenvalue weighted by molar-refractivity contribution is -0.133. The lowest BCUT2D eigenvalue weighted by Crippen LogP contribution is -2.65. The minimum Gasteiger partial charge on any atom is -0.363 e. The van der Waals surface area contributed by atoms with Crippen LogP contribution < -0.4 is 4.90 Å². The standard InChI is InChI=1S/C15H17NO3/c1-9-4-5-11-10(8-9)13(18)15(19)14(2,3)7-6-12(17)16(11)15/h4-5,8,19H,6-7H2,1-3H3. The highest BCUT2D eigenvalue weighted by Gasteiger charge is 2.63. The molecule has 4 nitrogen and oxygen atoms in total. The van der Waals surface area contributed by atoms with Crippen molar-refractivity contribution in [3.05, 3.63) is 29.3 Å². The third kappa shape index (κ3) is 1.32. The highest BCUT2D eigenvalue weighted by molar-refractivity contribution is 6.20. The molecule has 1 unspecified atom stereocenters. The van der Waals surface area contributed by atoms with Gasteiger partial charge in [0, 0.05) is 17.4 Å². The molecule has 0 spiro atoms. The second kappa shape index (κ2) is 3.45. The number of carbonyl (C=O) groups excluding carboxylic acids is 2. The van der Waals surface area contributed by atoms with E-state index in [1.165, 1.54) is 4.90 Å². The zero-order chi connectivity index (χ0) is 14.0. The van der Waals surface area contributed by atoms with Gasteiger partial charge in [0.25, 0.3) is 0 Å². The Kier molecular flexibility index (Phi) is 2.24.